The van der Waals surface area contributed by atoms with Crippen molar-refractivity contribution in [2.24, 2.45) is 0 Å². The molecule has 1 unspecified atom stereocenters. The Morgan fingerprint density at radius 1 is 1.13 bits per heavy atom. The summed E-state index contributed by atoms with van der Waals surface area (Å²) in [4.78, 5) is 13.4. The van der Waals surface area contributed by atoms with Crippen LogP contribution in [0.5, 0.6) is 11.6 Å². The number of amides is 1. The first kappa shape index (κ1) is 21.2. The fourth-order valence-corrected chi connectivity index (χ4v) is 5.31. The van der Waals surface area contributed by atoms with Crippen molar-refractivity contribution in [2.75, 3.05) is 7.11 Å². The summed E-state index contributed by atoms with van der Waals surface area (Å²) in [5.74, 6) is -0.288. The number of nitrogens with zero attached hydrogens (tertiary/aromatic N) is 2. The monoisotopic (exact) mass is 461 g/mol. The Labute approximate surface area is 184 Å². The molecule has 8 nitrogen and oxygen atoms in total. The first-order valence-corrected chi connectivity index (χ1v) is 11.3. The predicted molar refractivity (Wildman–Crippen MR) is 114 cm³/mol. The second-order valence-electron chi connectivity index (χ2n) is 7.29. The van der Waals surface area contributed by atoms with Crippen LogP contribution in [0.15, 0.2) is 53.4 Å². The number of sulfonamides is 1. The predicted octanol–water partition coefficient (Wildman–Crippen LogP) is 4.12. The van der Waals surface area contributed by atoms with E-state index in [1.807, 2.05) is 13.8 Å². The quantitative estimate of drug-likeness (QED) is 0.592. The molecule has 4 rings (SSSR count). The number of hydrogen-bond donors (Lipinski definition) is 1. The lowest BCUT2D eigenvalue weighted by Crippen LogP contribution is -2.37. The van der Waals surface area contributed by atoms with E-state index in [4.69, 9.17) is 21.1 Å². The highest BCUT2D eigenvalue weighted by Gasteiger charge is 2.48. The van der Waals surface area contributed by atoms with Crippen molar-refractivity contribution in [1.82, 2.24) is 14.5 Å². The fraction of sp³-hybridized carbons (Fsp3) is 0.238. The summed E-state index contributed by atoms with van der Waals surface area (Å²) in [7, 11) is -2.78. The average Bonchev–Trinajstić information content (AvgIpc) is 3.24. The molecule has 1 aliphatic rings. The Hall–Kier alpha value is -3.04. The average molecular weight is 462 g/mol. The largest absolute Gasteiger partial charge is 0.497 e. The van der Waals surface area contributed by atoms with Crippen molar-refractivity contribution in [2.45, 2.75) is 30.9 Å². The van der Waals surface area contributed by atoms with Crippen LogP contribution in [0, 0.1) is 0 Å². The highest BCUT2D eigenvalue weighted by atomic mass is 35.5. The highest BCUT2D eigenvalue weighted by Crippen LogP contribution is 2.42. The molecule has 1 aliphatic heterocycles. The molecule has 0 bridgehead atoms. The Kier molecular flexibility index (Phi) is 5.40. The summed E-state index contributed by atoms with van der Waals surface area (Å²) in [6, 6.07) is 13.1. The number of halogens is 1. The van der Waals surface area contributed by atoms with Crippen LogP contribution < -0.4 is 9.47 Å². The van der Waals surface area contributed by atoms with Gasteiger partial charge < -0.3 is 9.47 Å². The molecule has 0 spiro atoms. The van der Waals surface area contributed by atoms with Crippen molar-refractivity contribution in [3.8, 4) is 11.6 Å². The van der Waals surface area contributed by atoms with Gasteiger partial charge in [-0.2, -0.15) is 9.40 Å². The smallest absolute Gasteiger partial charge is 0.272 e. The molecule has 162 valence electrons. The van der Waals surface area contributed by atoms with E-state index in [0.29, 0.717) is 16.9 Å². The highest BCUT2D eigenvalue weighted by molar-refractivity contribution is 7.90. The van der Waals surface area contributed by atoms with Gasteiger partial charge in [0.1, 0.15) is 10.6 Å². The van der Waals surface area contributed by atoms with Crippen LogP contribution in [0.2, 0.25) is 5.15 Å². The molecule has 0 saturated heterocycles. The number of carbonyl (C=O) groups excluding carboxylic acids is 1. The van der Waals surface area contributed by atoms with Gasteiger partial charge in [-0.25, -0.2) is 13.5 Å². The zero-order valence-corrected chi connectivity index (χ0v) is 18.6. The third-order valence-corrected chi connectivity index (χ3v) is 6.92. The third kappa shape index (κ3) is 3.64. The zero-order valence-electron chi connectivity index (χ0n) is 17.0. The van der Waals surface area contributed by atoms with Gasteiger partial charge in [0, 0.05) is 17.7 Å². The van der Waals surface area contributed by atoms with E-state index in [1.165, 1.54) is 19.2 Å². The third-order valence-electron chi connectivity index (χ3n) is 4.97. The van der Waals surface area contributed by atoms with Crippen molar-refractivity contribution < 1.29 is 22.7 Å². The van der Waals surface area contributed by atoms with Crippen molar-refractivity contribution in [3.05, 3.63) is 70.4 Å². The first-order chi connectivity index (χ1) is 14.7. The molecule has 31 heavy (non-hydrogen) atoms. The molecular weight excluding hydrogens is 442 g/mol. The summed E-state index contributed by atoms with van der Waals surface area (Å²) >= 11 is 5.86. The molecule has 0 saturated carbocycles. The van der Waals surface area contributed by atoms with E-state index < -0.39 is 22.2 Å². The van der Waals surface area contributed by atoms with Gasteiger partial charge in [0.05, 0.1) is 12.7 Å². The van der Waals surface area contributed by atoms with Crippen LogP contribution >= 0.6 is 11.6 Å². The Bertz CT molecular complexity index is 1240. The molecule has 10 heteroatoms. The number of aromatic amines is 1. The maximum Gasteiger partial charge on any atom is 0.272 e. The zero-order chi connectivity index (χ0) is 22.3. The topological polar surface area (TPSA) is 102 Å². The van der Waals surface area contributed by atoms with Crippen LogP contribution in [0.1, 0.15) is 47.5 Å². The maximum absolute atomic E-state index is 13.6. The van der Waals surface area contributed by atoms with Gasteiger partial charge in [-0.1, -0.05) is 55.8 Å². The van der Waals surface area contributed by atoms with E-state index in [0.717, 1.165) is 4.31 Å². The van der Waals surface area contributed by atoms with Gasteiger partial charge in [0.2, 0.25) is 12.1 Å². The van der Waals surface area contributed by atoms with Crippen LogP contribution in [0.25, 0.3) is 0 Å². The molecule has 1 aromatic heterocycles. The van der Waals surface area contributed by atoms with Gasteiger partial charge in [0.25, 0.3) is 15.9 Å². The number of rotatable bonds is 6. The van der Waals surface area contributed by atoms with Gasteiger partial charge in [0.15, 0.2) is 5.15 Å². The molecule has 3 aromatic rings. The second-order valence-corrected chi connectivity index (χ2v) is 9.46. The molecule has 1 atom stereocenters. The summed E-state index contributed by atoms with van der Waals surface area (Å²) in [5.41, 5.74) is 1.18. The summed E-state index contributed by atoms with van der Waals surface area (Å²) in [6.45, 7) is 3.77. The minimum atomic E-state index is -4.23. The molecule has 0 fully saturated rings. The van der Waals surface area contributed by atoms with Gasteiger partial charge in [-0.15, -0.1) is 0 Å². The van der Waals surface area contributed by atoms with E-state index in [-0.39, 0.29) is 27.4 Å². The van der Waals surface area contributed by atoms with Crippen LogP contribution in [0.4, 0.5) is 0 Å². The van der Waals surface area contributed by atoms with Gasteiger partial charge >= 0.3 is 0 Å². The fourth-order valence-electron chi connectivity index (χ4n) is 3.50. The lowest BCUT2D eigenvalue weighted by atomic mass is 9.96. The normalized spacial score (nSPS) is 15.8. The number of nitrogens with one attached hydrogen (secondary N) is 1. The minimum absolute atomic E-state index is 0.104. The molecule has 1 amide bonds. The molecular formula is C21H20ClN3O5S. The van der Waals surface area contributed by atoms with Gasteiger partial charge in [-0.05, 0) is 17.5 Å². The van der Waals surface area contributed by atoms with Crippen molar-refractivity contribution in [3.63, 3.8) is 0 Å². The van der Waals surface area contributed by atoms with Crippen LogP contribution in [-0.4, -0.2) is 35.9 Å². The lowest BCUT2D eigenvalue weighted by Gasteiger charge is -2.26. The maximum atomic E-state index is 13.6. The number of aromatic nitrogens is 2. The molecule has 0 aliphatic carbocycles. The number of ether oxygens (including phenoxy) is 2. The first-order valence-electron chi connectivity index (χ1n) is 9.47. The Morgan fingerprint density at radius 2 is 1.84 bits per heavy atom. The number of methoxy groups -OCH3 is 1. The number of carbonyl (C=O) groups is 1. The van der Waals surface area contributed by atoms with E-state index in [9.17, 15) is 13.2 Å². The van der Waals surface area contributed by atoms with E-state index >= 15 is 0 Å². The van der Waals surface area contributed by atoms with Gasteiger partial charge in [-0.3, -0.25) is 4.79 Å². The molecule has 1 N–H and O–H groups in total. The SMILES string of the molecule is COc1cc(C(C)C)c2c(c1)S(=O)(=O)N(C(Oc1cc(Cl)n[nH]1)c1ccccc1)C2=O. The minimum Gasteiger partial charge on any atom is -0.497 e. The summed E-state index contributed by atoms with van der Waals surface area (Å²) in [5, 5.41) is 6.52. The number of hydrogen-bond acceptors (Lipinski definition) is 6. The van der Waals surface area contributed by atoms with Crippen molar-refractivity contribution in [1.29, 1.82) is 0 Å². The van der Waals surface area contributed by atoms with Crippen LogP contribution in [0.3, 0.4) is 0 Å². The molecule has 0 radical (unpaired) electrons. The van der Waals surface area contributed by atoms with E-state index in [1.54, 1.807) is 36.4 Å². The summed E-state index contributed by atoms with van der Waals surface area (Å²) in [6.07, 6.45) is -1.27. The summed E-state index contributed by atoms with van der Waals surface area (Å²) < 4.78 is 39.1. The second kappa shape index (κ2) is 7.90. The number of fused-ring (bicyclic) bond motifs is 1. The lowest BCUT2D eigenvalue weighted by molar-refractivity contribution is 0.0540. The number of H-pyrrole nitrogens is 1. The number of benzene rings is 2. The van der Waals surface area contributed by atoms with E-state index in [2.05, 4.69) is 10.2 Å². The Morgan fingerprint density at radius 3 is 2.42 bits per heavy atom. The standard InChI is InChI=1S/C21H20ClN3O5S/c1-12(2)15-9-14(29-3)10-16-19(15)20(26)25(31(16,27)28)21(13-7-5-4-6-8-13)30-18-11-17(22)23-24-18/h4-12,21H,1-3H3,(H,23,24). The molecule has 2 aromatic carbocycles. The van der Waals surface area contributed by atoms with Crippen LogP contribution in [-0.2, 0) is 10.0 Å². The van der Waals surface area contributed by atoms with Crippen molar-refractivity contribution >= 4 is 27.5 Å². The molecule has 2 heterocycles. The Balaban J connectivity index is 1.89.